The molecule has 0 amide bonds. The highest BCUT2D eigenvalue weighted by molar-refractivity contribution is 6.42. The predicted octanol–water partition coefficient (Wildman–Crippen LogP) is 4.53. The van der Waals surface area contributed by atoms with Crippen LogP contribution in [0.4, 0.5) is 0 Å². The maximum Gasteiger partial charge on any atom is 0.173 e. The highest BCUT2D eigenvalue weighted by atomic mass is 35.5. The number of hydrogen-bond donors (Lipinski definition) is 2. The van der Waals surface area contributed by atoms with Gasteiger partial charge in [-0.3, -0.25) is 0 Å². The van der Waals surface area contributed by atoms with Crippen molar-refractivity contribution in [2.45, 2.75) is 0 Å². The average Bonchev–Trinajstić information content (AvgIpc) is 2.44. The zero-order chi connectivity index (χ0) is 14.7. The Morgan fingerprint density at radius 2 is 1.85 bits per heavy atom. The van der Waals surface area contributed by atoms with E-state index < -0.39 is 0 Å². The van der Waals surface area contributed by atoms with Crippen LogP contribution in [-0.2, 0) is 0 Å². The van der Waals surface area contributed by atoms with Crippen molar-refractivity contribution in [1.29, 1.82) is 0 Å². The molecule has 7 heteroatoms. The number of rotatable bonds is 3. The van der Waals surface area contributed by atoms with E-state index in [1.54, 1.807) is 30.3 Å². The molecule has 0 radical (unpaired) electrons. The van der Waals surface area contributed by atoms with Crippen molar-refractivity contribution >= 4 is 40.6 Å². The number of hydrogen-bond acceptors (Lipinski definition) is 3. The summed E-state index contributed by atoms with van der Waals surface area (Å²) in [5.74, 6) is 0.572. The number of benzene rings is 2. The average molecular weight is 332 g/mol. The van der Waals surface area contributed by atoms with Gasteiger partial charge < -0.3 is 15.7 Å². The summed E-state index contributed by atoms with van der Waals surface area (Å²) in [5, 5.41) is 12.8. The monoisotopic (exact) mass is 330 g/mol. The van der Waals surface area contributed by atoms with Crippen LogP contribution in [0, 0.1) is 0 Å². The van der Waals surface area contributed by atoms with Gasteiger partial charge in [0.05, 0.1) is 10.6 Å². The molecule has 4 nitrogen and oxygen atoms in total. The summed E-state index contributed by atoms with van der Waals surface area (Å²) in [6.45, 7) is 0. The van der Waals surface area contributed by atoms with E-state index in [9.17, 15) is 0 Å². The van der Waals surface area contributed by atoms with Gasteiger partial charge in [-0.1, -0.05) is 46.0 Å². The summed E-state index contributed by atoms with van der Waals surface area (Å²) in [5.41, 5.74) is 5.93. The van der Waals surface area contributed by atoms with Gasteiger partial charge in [0.15, 0.2) is 5.84 Å². The first-order chi connectivity index (χ1) is 9.52. The molecule has 0 spiro atoms. The van der Waals surface area contributed by atoms with Gasteiger partial charge in [-0.05, 0) is 30.3 Å². The van der Waals surface area contributed by atoms with Crippen LogP contribution in [0.3, 0.4) is 0 Å². The molecule has 0 aliphatic carbocycles. The third-order valence-electron chi connectivity index (χ3n) is 2.46. The van der Waals surface area contributed by atoms with Crippen LogP contribution in [0.15, 0.2) is 41.6 Å². The maximum atomic E-state index is 8.79. The quantitative estimate of drug-likeness (QED) is 0.376. The molecule has 0 aliphatic heterocycles. The molecular weight excluding hydrogens is 323 g/mol. The topological polar surface area (TPSA) is 67.8 Å². The van der Waals surface area contributed by atoms with Crippen LogP contribution in [-0.4, -0.2) is 11.0 Å². The van der Waals surface area contributed by atoms with Crippen LogP contribution in [0.1, 0.15) is 5.56 Å². The van der Waals surface area contributed by atoms with Gasteiger partial charge in [0, 0.05) is 5.02 Å². The van der Waals surface area contributed by atoms with Gasteiger partial charge in [-0.2, -0.15) is 0 Å². The molecule has 0 fully saturated rings. The van der Waals surface area contributed by atoms with Crippen molar-refractivity contribution in [3.8, 4) is 11.5 Å². The van der Waals surface area contributed by atoms with E-state index in [1.807, 2.05) is 0 Å². The lowest BCUT2D eigenvalue weighted by Crippen LogP contribution is -2.14. The summed E-state index contributed by atoms with van der Waals surface area (Å²) in [7, 11) is 0. The second-order valence-corrected chi connectivity index (χ2v) is 5.00. The minimum Gasteiger partial charge on any atom is -0.455 e. The Labute approximate surface area is 130 Å². The van der Waals surface area contributed by atoms with Crippen molar-refractivity contribution in [2.24, 2.45) is 10.9 Å². The fraction of sp³-hybridized carbons (Fsp3) is 0. The Morgan fingerprint density at radius 3 is 2.55 bits per heavy atom. The summed E-state index contributed by atoms with van der Waals surface area (Å²) in [6.07, 6.45) is 0. The Kier molecular flexibility index (Phi) is 4.60. The first-order valence-electron chi connectivity index (χ1n) is 5.42. The van der Waals surface area contributed by atoms with E-state index in [0.29, 0.717) is 27.1 Å². The Balaban J connectivity index is 2.46. The Morgan fingerprint density at radius 1 is 1.10 bits per heavy atom. The molecule has 0 saturated carbocycles. The summed E-state index contributed by atoms with van der Waals surface area (Å²) in [6, 6.07) is 9.71. The van der Waals surface area contributed by atoms with Gasteiger partial charge in [0.1, 0.15) is 16.5 Å². The largest absolute Gasteiger partial charge is 0.455 e. The van der Waals surface area contributed by atoms with Gasteiger partial charge in [0.25, 0.3) is 0 Å². The number of halogens is 3. The molecule has 2 aromatic rings. The predicted molar refractivity (Wildman–Crippen MR) is 80.5 cm³/mol. The minimum atomic E-state index is -0.124. The first kappa shape index (κ1) is 14.8. The first-order valence-corrected chi connectivity index (χ1v) is 6.55. The molecule has 0 heterocycles. The molecule has 104 valence electrons. The van der Waals surface area contributed by atoms with Crippen LogP contribution in [0.2, 0.25) is 15.1 Å². The molecule has 20 heavy (non-hydrogen) atoms. The Bertz CT molecular complexity index is 675. The number of oxime groups is 1. The zero-order valence-electron chi connectivity index (χ0n) is 9.98. The molecular formula is C13H9Cl3N2O2. The lowest BCUT2D eigenvalue weighted by atomic mass is 10.2. The summed E-state index contributed by atoms with van der Waals surface area (Å²) < 4.78 is 5.65. The van der Waals surface area contributed by atoms with Crippen molar-refractivity contribution in [2.75, 3.05) is 0 Å². The molecule has 0 bridgehead atoms. The van der Waals surface area contributed by atoms with E-state index in [-0.39, 0.29) is 10.9 Å². The molecule has 0 aliphatic rings. The molecule has 3 N–H and O–H groups in total. The van der Waals surface area contributed by atoms with Crippen LogP contribution < -0.4 is 10.5 Å². The highest BCUT2D eigenvalue weighted by Crippen LogP contribution is 2.36. The van der Waals surface area contributed by atoms with Gasteiger partial charge in [-0.25, -0.2) is 0 Å². The summed E-state index contributed by atoms with van der Waals surface area (Å²) >= 11 is 17.8. The van der Waals surface area contributed by atoms with E-state index in [4.69, 9.17) is 50.5 Å². The zero-order valence-corrected chi connectivity index (χ0v) is 12.2. The lowest BCUT2D eigenvalue weighted by molar-refractivity contribution is 0.318. The van der Waals surface area contributed by atoms with Gasteiger partial charge in [-0.15, -0.1) is 0 Å². The van der Waals surface area contributed by atoms with Gasteiger partial charge in [0.2, 0.25) is 0 Å². The molecule has 0 unspecified atom stereocenters. The lowest BCUT2D eigenvalue weighted by Gasteiger charge is -2.12. The maximum absolute atomic E-state index is 8.79. The number of nitrogens with zero attached hydrogens (tertiary/aromatic N) is 1. The summed E-state index contributed by atoms with van der Waals surface area (Å²) in [4.78, 5) is 0. The fourth-order valence-corrected chi connectivity index (χ4v) is 2.03. The number of nitrogens with two attached hydrogens (primary N) is 1. The minimum absolute atomic E-state index is 0.124. The number of amidine groups is 1. The third-order valence-corrected chi connectivity index (χ3v) is 3.50. The van der Waals surface area contributed by atoms with E-state index in [1.165, 1.54) is 6.07 Å². The highest BCUT2D eigenvalue weighted by Gasteiger charge is 2.13. The SMILES string of the molecule is NC(=NO)c1cc(Cl)ccc1Oc1cccc(Cl)c1Cl. The third kappa shape index (κ3) is 3.10. The fourth-order valence-electron chi connectivity index (χ4n) is 1.53. The standard InChI is InChI=1S/C13H9Cl3N2O2/c14-7-4-5-10(8(6-7)13(17)18-19)20-11-3-1-2-9(15)12(11)16/h1-6,19H,(H2,17,18). The van der Waals surface area contributed by atoms with Crippen LogP contribution in [0.5, 0.6) is 11.5 Å². The van der Waals surface area contributed by atoms with Crippen molar-refractivity contribution in [1.82, 2.24) is 0 Å². The van der Waals surface area contributed by atoms with E-state index >= 15 is 0 Å². The second kappa shape index (κ2) is 6.22. The Hall–Kier alpha value is -1.62. The van der Waals surface area contributed by atoms with Crippen LogP contribution in [0.25, 0.3) is 0 Å². The van der Waals surface area contributed by atoms with Crippen molar-refractivity contribution < 1.29 is 9.94 Å². The molecule has 0 atom stereocenters. The molecule has 2 rings (SSSR count). The molecule has 2 aromatic carbocycles. The molecule has 0 saturated heterocycles. The molecule has 0 aromatic heterocycles. The van der Waals surface area contributed by atoms with E-state index in [0.717, 1.165) is 0 Å². The second-order valence-electron chi connectivity index (χ2n) is 3.78. The van der Waals surface area contributed by atoms with Crippen molar-refractivity contribution in [3.05, 3.63) is 57.0 Å². The van der Waals surface area contributed by atoms with Gasteiger partial charge >= 0.3 is 0 Å². The van der Waals surface area contributed by atoms with Crippen LogP contribution >= 0.6 is 34.8 Å². The number of ether oxygens (including phenoxy) is 1. The normalized spacial score (nSPS) is 11.4. The smallest absolute Gasteiger partial charge is 0.173 e. The van der Waals surface area contributed by atoms with Crippen molar-refractivity contribution in [3.63, 3.8) is 0 Å². The van der Waals surface area contributed by atoms with E-state index in [2.05, 4.69) is 5.16 Å².